The fraction of sp³-hybridized carbons (Fsp3) is 0.176. The van der Waals surface area contributed by atoms with Crippen LogP contribution in [0.3, 0.4) is 0 Å². The lowest BCUT2D eigenvalue weighted by Crippen LogP contribution is -2.61. The molecule has 0 spiro atoms. The Morgan fingerprint density at radius 1 is 0.486 bits per heavy atom. The van der Waals surface area contributed by atoms with Crippen molar-refractivity contribution in [2.24, 2.45) is 0 Å². The normalized spacial score (nSPS) is 14.9. The fourth-order valence-corrected chi connectivity index (χ4v) is 12.6. The number of allylic oxidation sites excluding steroid dienone is 2. The van der Waals surface area contributed by atoms with Gasteiger partial charge in [-0.05, 0) is 68.7 Å². The van der Waals surface area contributed by atoms with Crippen molar-refractivity contribution in [3.8, 4) is 0 Å². The Hall–Kier alpha value is -3.42. The first-order valence-electron chi connectivity index (χ1n) is 13.0. The minimum atomic E-state index is -2.59. The molecule has 0 unspecified atom stereocenters. The predicted molar refractivity (Wildman–Crippen MR) is 153 cm³/mol. The SMILES string of the molecule is CCC1=C([Si](C2=C(CC)Cc3ccccc32)(c2ccccc2)c2ccccc2)c2ccccc2C1. The molecule has 0 fully saturated rings. The van der Waals surface area contributed by atoms with Crippen LogP contribution < -0.4 is 10.4 Å². The van der Waals surface area contributed by atoms with Gasteiger partial charge in [-0.2, -0.15) is 0 Å². The van der Waals surface area contributed by atoms with Crippen molar-refractivity contribution in [3.63, 3.8) is 0 Å². The molecule has 0 radical (unpaired) electrons. The molecule has 2 aliphatic rings. The molecule has 0 bridgehead atoms. The summed E-state index contributed by atoms with van der Waals surface area (Å²) in [7, 11) is -2.59. The smallest absolute Gasteiger partial charge is 0.0651 e. The van der Waals surface area contributed by atoms with E-state index in [2.05, 4.69) is 123 Å². The van der Waals surface area contributed by atoms with Crippen LogP contribution in [0.1, 0.15) is 48.9 Å². The van der Waals surface area contributed by atoms with Crippen molar-refractivity contribution in [2.75, 3.05) is 0 Å². The highest BCUT2D eigenvalue weighted by Gasteiger charge is 2.50. The summed E-state index contributed by atoms with van der Waals surface area (Å²) in [6.45, 7) is 4.71. The van der Waals surface area contributed by atoms with E-state index in [1.165, 1.54) is 32.6 Å². The lowest BCUT2D eigenvalue weighted by atomic mass is 10.1. The van der Waals surface area contributed by atoms with Crippen molar-refractivity contribution in [3.05, 3.63) is 143 Å². The van der Waals surface area contributed by atoms with E-state index in [9.17, 15) is 0 Å². The van der Waals surface area contributed by atoms with Crippen molar-refractivity contribution in [1.29, 1.82) is 0 Å². The van der Waals surface area contributed by atoms with Crippen molar-refractivity contribution >= 4 is 28.8 Å². The first-order valence-corrected chi connectivity index (χ1v) is 15.0. The van der Waals surface area contributed by atoms with Gasteiger partial charge in [0.1, 0.15) is 0 Å². The summed E-state index contributed by atoms with van der Waals surface area (Å²) >= 11 is 0. The quantitative estimate of drug-likeness (QED) is 0.263. The first kappa shape index (κ1) is 22.1. The molecule has 0 saturated heterocycles. The molecule has 0 aliphatic heterocycles. The molecular weight excluding hydrogens is 436 g/mol. The van der Waals surface area contributed by atoms with Gasteiger partial charge in [0.25, 0.3) is 0 Å². The van der Waals surface area contributed by atoms with Crippen LogP contribution >= 0.6 is 0 Å². The minimum absolute atomic E-state index is 1.08. The Bertz CT molecular complexity index is 1330. The molecule has 0 aromatic heterocycles. The van der Waals surface area contributed by atoms with E-state index in [0.717, 1.165) is 25.7 Å². The maximum atomic E-state index is 2.42. The van der Waals surface area contributed by atoms with Gasteiger partial charge in [-0.15, -0.1) is 0 Å². The van der Waals surface area contributed by atoms with Crippen LogP contribution in [0.5, 0.6) is 0 Å². The van der Waals surface area contributed by atoms with E-state index < -0.39 is 8.07 Å². The molecule has 4 aromatic rings. The van der Waals surface area contributed by atoms with Gasteiger partial charge in [0.2, 0.25) is 0 Å². The number of rotatable bonds is 6. The fourth-order valence-electron chi connectivity index (χ4n) is 6.64. The molecular formula is C34H32Si. The lowest BCUT2D eigenvalue weighted by Gasteiger charge is -2.39. The van der Waals surface area contributed by atoms with Gasteiger partial charge in [-0.3, -0.25) is 0 Å². The monoisotopic (exact) mass is 468 g/mol. The third-order valence-electron chi connectivity index (χ3n) is 8.11. The van der Waals surface area contributed by atoms with E-state index in [4.69, 9.17) is 0 Å². The number of hydrogen-bond donors (Lipinski definition) is 0. The van der Waals surface area contributed by atoms with Gasteiger partial charge in [0, 0.05) is 0 Å². The van der Waals surface area contributed by atoms with Crippen LogP contribution in [0.2, 0.25) is 0 Å². The third-order valence-corrected chi connectivity index (χ3v) is 13.2. The molecule has 1 heteroatoms. The molecule has 0 N–H and O–H groups in total. The predicted octanol–water partition coefficient (Wildman–Crippen LogP) is 7.17. The maximum Gasteiger partial charge on any atom is 0.180 e. The molecule has 0 amide bonds. The highest BCUT2D eigenvalue weighted by Crippen LogP contribution is 2.49. The van der Waals surface area contributed by atoms with E-state index in [1.54, 1.807) is 21.5 Å². The molecule has 0 saturated carbocycles. The summed E-state index contributed by atoms with van der Waals surface area (Å²) in [6, 6.07) is 41.4. The van der Waals surface area contributed by atoms with E-state index in [1.807, 2.05) is 0 Å². The maximum absolute atomic E-state index is 2.59. The zero-order valence-electron chi connectivity index (χ0n) is 20.7. The van der Waals surface area contributed by atoms with Gasteiger partial charge in [0.15, 0.2) is 8.07 Å². The van der Waals surface area contributed by atoms with Gasteiger partial charge in [0.05, 0.1) is 0 Å². The third kappa shape index (κ3) is 3.33. The number of benzene rings is 4. The standard InChI is InChI=1S/C34H32Si/c1-3-25-23-27-15-11-13-21-31(27)33(25)35(29-17-7-5-8-18-29,30-19-9-6-10-20-30)34-26(4-2)24-28-16-12-14-22-32(28)34/h5-22H,3-4,23-24H2,1-2H3. The molecule has 4 aromatic carbocycles. The van der Waals surface area contributed by atoms with Gasteiger partial charge >= 0.3 is 0 Å². The lowest BCUT2D eigenvalue weighted by molar-refractivity contribution is 1.03. The van der Waals surface area contributed by atoms with Crippen LogP contribution in [0.4, 0.5) is 0 Å². The Morgan fingerprint density at radius 2 is 0.857 bits per heavy atom. The summed E-state index contributed by atoms with van der Waals surface area (Å²) in [6.07, 6.45) is 4.34. The molecule has 0 heterocycles. The molecule has 0 nitrogen and oxygen atoms in total. The molecule has 0 atom stereocenters. The minimum Gasteiger partial charge on any atom is -0.0651 e. The van der Waals surface area contributed by atoms with Crippen LogP contribution in [-0.2, 0) is 12.8 Å². The summed E-state index contributed by atoms with van der Waals surface area (Å²) in [4.78, 5) is 0. The topological polar surface area (TPSA) is 0 Å². The van der Waals surface area contributed by atoms with Crippen molar-refractivity contribution in [1.82, 2.24) is 0 Å². The summed E-state index contributed by atoms with van der Waals surface area (Å²) < 4.78 is 0. The summed E-state index contributed by atoms with van der Waals surface area (Å²) in [5.74, 6) is 0. The number of hydrogen-bond acceptors (Lipinski definition) is 0. The van der Waals surface area contributed by atoms with E-state index in [0.29, 0.717) is 0 Å². The Morgan fingerprint density at radius 3 is 1.26 bits per heavy atom. The second kappa shape index (κ2) is 8.98. The molecule has 172 valence electrons. The highest BCUT2D eigenvalue weighted by molar-refractivity contribution is 7.26. The average Bonchev–Trinajstić information content (AvgIpc) is 3.50. The summed E-state index contributed by atoms with van der Waals surface area (Å²) in [5.41, 5.74) is 9.20. The van der Waals surface area contributed by atoms with Gasteiger partial charge in [-0.25, -0.2) is 0 Å². The Kier molecular flexibility index (Phi) is 5.66. The number of fused-ring (bicyclic) bond motifs is 2. The van der Waals surface area contributed by atoms with Crippen molar-refractivity contribution in [2.45, 2.75) is 39.5 Å². The van der Waals surface area contributed by atoms with E-state index in [-0.39, 0.29) is 0 Å². The van der Waals surface area contributed by atoms with Gasteiger partial charge < -0.3 is 0 Å². The Labute approximate surface area is 210 Å². The van der Waals surface area contributed by atoms with E-state index >= 15 is 0 Å². The average molecular weight is 469 g/mol. The highest BCUT2D eigenvalue weighted by atomic mass is 28.3. The zero-order valence-corrected chi connectivity index (χ0v) is 21.7. The zero-order chi connectivity index (χ0) is 23.8. The molecule has 35 heavy (non-hydrogen) atoms. The molecule has 6 rings (SSSR count). The molecule has 2 aliphatic carbocycles. The van der Waals surface area contributed by atoms with Crippen LogP contribution in [0, 0.1) is 0 Å². The first-order chi connectivity index (χ1) is 17.3. The second-order valence-corrected chi connectivity index (χ2v) is 13.5. The summed E-state index contributed by atoms with van der Waals surface area (Å²) in [5, 5.41) is 6.29. The van der Waals surface area contributed by atoms with Gasteiger partial charge in [-0.1, -0.05) is 134 Å². The largest absolute Gasteiger partial charge is 0.180 e. The van der Waals surface area contributed by atoms with Crippen LogP contribution in [0.15, 0.2) is 120 Å². The van der Waals surface area contributed by atoms with Crippen LogP contribution in [0.25, 0.3) is 10.4 Å². The Balaban J connectivity index is 1.82. The van der Waals surface area contributed by atoms with Crippen molar-refractivity contribution < 1.29 is 0 Å². The van der Waals surface area contributed by atoms with Crippen LogP contribution in [-0.4, -0.2) is 8.07 Å². The second-order valence-electron chi connectivity index (χ2n) is 9.81.